The van der Waals surface area contributed by atoms with Crippen molar-refractivity contribution in [1.82, 2.24) is 5.32 Å². The maximum absolute atomic E-state index is 6.04. The number of hydrogen-bond donors (Lipinski definition) is 1. The van der Waals surface area contributed by atoms with Gasteiger partial charge in [-0.3, -0.25) is 0 Å². The molecule has 110 valence electrons. The summed E-state index contributed by atoms with van der Waals surface area (Å²) in [5, 5.41) is 3.53. The molecule has 0 aliphatic carbocycles. The normalized spacial score (nSPS) is 40.9. The molecule has 0 aromatic rings. The third-order valence-electron chi connectivity index (χ3n) is 5.08. The van der Waals surface area contributed by atoms with Crippen LogP contribution in [0.2, 0.25) is 0 Å². The molecule has 19 heavy (non-hydrogen) atoms. The van der Waals surface area contributed by atoms with Crippen molar-refractivity contribution < 1.29 is 14.2 Å². The van der Waals surface area contributed by atoms with Gasteiger partial charge < -0.3 is 19.5 Å². The molecule has 1 spiro atoms. The molecule has 0 bridgehead atoms. The van der Waals surface area contributed by atoms with Crippen molar-refractivity contribution in [2.45, 2.75) is 56.3 Å². The van der Waals surface area contributed by atoms with Crippen molar-refractivity contribution in [2.24, 2.45) is 5.92 Å². The molecular weight excluding hydrogens is 242 g/mol. The van der Waals surface area contributed by atoms with Crippen molar-refractivity contribution >= 4 is 0 Å². The second-order valence-corrected chi connectivity index (χ2v) is 6.35. The first-order valence-electron chi connectivity index (χ1n) is 7.82. The second kappa shape index (κ2) is 6.08. The summed E-state index contributed by atoms with van der Waals surface area (Å²) in [6, 6.07) is 0.560. The smallest absolute Gasteiger partial charge is 0.0939 e. The molecule has 3 fully saturated rings. The molecule has 0 radical (unpaired) electrons. The van der Waals surface area contributed by atoms with Gasteiger partial charge in [0.05, 0.1) is 18.3 Å². The quantitative estimate of drug-likeness (QED) is 0.844. The van der Waals surface area contributed by atoms with Gasteiger partial charge in [0.25, 0.3) is 0 Å². The maximum atomic E-state index is 6.04. The summed E-state index contributed by atoms with van der Waals surface area (Å²) in [5.74, 6) is 0.699. The maximum Gasteiger partial charge on any atom is 0.0939 e. The summed E-state index contributed by atoms with van der Waals surface area (Å²) in [6.45, 7) is 3.49. The molecule has 4 nitrogen and oxygen atoms in total. The molecule has 4 unspecified atom stereocenters. The first kappa shape index (κ1) is 13.8. The van der Waals surface area contributed by atoms with E-state index in [1.165, 1.54) is 19.3 Å². The standard InChI is InChI=1S/C15H27NO3/c1-16-14(9-13-3-2-6-18-13)12-4-7-19-15(10-12)5-8-17-11-15/h12-14,16H,2-11H2,1H3. The number of hydrogen-bond acceptors (Lipinski definition) is 4. The molecule has 0 amide bonds. The van der Waals surface area contributed by atoms with E-state index < -0.39 is 0 Å². The Morgan fingerprint density at radius 2 is 2.21 bits per heavy atom. The number of rotatable bonds is 4. The molecule has 3 aliphatic rings. The zero-order valence-electron chi connectivity index (χ0n) is 12.0. The first-order valence-corrected chi connectivity index (χ1v) is 7.82. The number of ether oxygens (including phenoxy) is 3. The summed E-state index contributed by atoms with van der Waals surface area (Å²) >= 11 is 0. The summed E-state index contributed by atoms with van der Waals surface area (Å²) < 4.78 is 17.4. The van der Waals surface area contributed by atoms with Crippen molar-refractivity contribution in [1.29, 1.82) is 0 Å². The zero-order valence-corrected chi connectivity index (χ0v) is 12.0. The van der Waals surface area contributed by atoms with E-state index in [0.717, 1.165) is 45.7 Å². The predicted octanol–water partition coefficient (Wildman–Crippen LogP) is 1.73. The van der Waals surface area contributed by atoms with Crippen LogP contribution in [-0.2, 0) is 14.2 Å². The lowest BCUT2D eigenvalue weighted by atomic mass is 9.79. The van der Waals surface area contributed by atoms with Crippen LogP contribution < -0.4 is 5.32 Å². The molecule has 3 heterocycles. The lowest BCUT2D eigenvalue weighted by Crippen LogP contribution is -2.47. The van der Waals surface area contributed by atoms with E-state index in [-0.39, 0.29) is 5.60 Å². The average molecular weight is 269 g/mol. The molecule has 0 aromatic heterocycles. The van der Waals surface area contributed by atoms with Gasteiger partial charge in [-0.1, -0.05) is 0 Å². The summed E-state index contributed by atoms with van der Waals surface area (Å²) in [6.07, 6.45) is 7.46. The van der Waals surface area contributed by atoms with Gasteiger partial charge in [-0.05, 0) is 45.1 Å². The molecule has 0 aromatic carbocycles. The van der Waals surface area contributed by atoms with Gasteiger partial charge in [0.15, 0.2) is 0 Å². The van der Waals surface area contributed by atoms with Crippen molar-refractivity contribution in [2.75, 3.05) is 33.5 Å². The van der Waals surface area contributed by atoms with Crippen molar-refractivity contribution in [3.8, 4) is 0 Å². The zero-order chi connectivity index (χ0) is 13.1. The Morgan fingerprint density at radius 1 is 1.26 bits per heavy atom. The molecule has 3 saturated heterocycles. The van der Waals surface area contributed by atoms with E-state index in [2.05, 4.69) is 12.4 Å². The minimum absolute atomic E-state index is 0.0224. The Labute approximate surface area is 116 Å². The van der Waals surface area contributed by atoms with Crippen LogP contribution in [0, 0.1) is 5.92 Å². The Bertz CT molecular complexity index is 285. The molecule has 3 rings (SSSR count). The third-order valence-corrected chi connectivity index (χ3v) is 5.08. The molecular formula is C15H27NO3. The van der Waals surface area contributed by atoms with Crippen molar-refractivity contribution in [3.63, 3.8) is 0 Å². The van der Waals surface area contributed by atoms with Crippen LogP contribution in [0.25, 0.3) is 0 Å². The Morgan fingerprint density at radius 3 is 2.89 bits per heavy atom. The summed E-state index contributed by atoms with van der Waals surface area (Å²) in [7, 11) is 2.09. The summed E-state index contributed by atoms with van der Waals surface area (Å²) in [5.41, 5.74) is 0.0224. The van der Waals surface area contributed by atoms with Gasteiger partial charge in [-0.25, -0.2) is 0 Å². The fraction of sp³-hybridized carbons (Fsp3) is 1.00. The highest BCUT2D eigenvalue weighted by atomic mass is 16.6. The predicted molar refractivity (Wildman–Crippen MR) is 73.3 cm³/mol. The van der Waals surface area contributed by atoms with Gasteiger partial charge in [0, 0.05) is 32.3 Å². The Kier molecular flexibility index (Phi) is 4.42. The van der Waals surface area contributed by atoms with Gasteiger partial charge in [-0.15, -0.1) is 0 Å². The van der Waals surface area contributed by atoms with E-state index in [1.807, 2.05) is 0 Å². The highest BCUT2D eigenvalue weighted by Crippen LogP contribution is 2.38. The van der Waals surface area contributed by atoms with Crippen LogP contribution in [0.1, 0.15) is 38.5 Å². The third kappa shape index (κ3) is 3.13. The molecule has 1 N–H and O–H groups in total. The largest absolute Gasteiger partial charge is 0.378 e. The highest BCUT2D eigenvalue weighted by molar-refractivity contribution is 4.94. The van der Waals surface area contributed by atoms with Gasteiger partial charge in [0.1, 0.15) is 0 Å². The molecule has 0 saturated carbocycles. The highest BCUT2D eigenvalue weighted by Gasteiger charge is 2.43. The average Bonchev–Trinajstić information content (AvgIpc) is 3.08. The van der Waals surface area contributed by atoms with Crippen LogP contribution >= 0.6 is 0 Å². The lowest BCUT2D eigenvalue weighted by Gasteiger charge is -2.40. The van der Waals surface area contributed by atoms with E-state index in [0.29, 0.717) is 18.1 Å². The fourth-order valence-electron chi connectivity index (χ4n) is 3.93. The lowest BCUT2D eigenvalue weighted by molar-refractivity contribution is -0.104. The summed E-state index contributed by atoms with van der Waals surface area (Å²) in [4.78, 5) is 0. The Balaban J connectivity index is 1.58. The monoisotopic (exact) mass is 269 g/mol. The minimum Gasteiger partial charge on any atom is -0.378 e. The van der Waals surface area contributed by atoms with Gasteiger partial charge >= 0.3 is 0 Å². The van der Waals surface area contributed by atoms with Crippen LogP contribution in [0.5, 0.6) is 0 Å². The van der Waals surface area contributed by atoms with E-state index in [9.17, 15) is 0 Å². The molecule has 3 aliphatic heterocycles. The van der Waals surface area contributed by atoms with E-state index >= 15 is 0 Å². The van der Waals surface area contributed by atoms with E-state index in [4.69, 9.17) is 14.2 Å². The fourth-order valence-corrected chi connectivity index (χ4v) is 3.93. The van der Waals surface area contributed by atoms with Crippen LogP contribution in [0.3, 0.4) is 0 Å². The van der Waals surface area contributed by atoms with E-state index in [1.54, 1.807) is 0 Å². The minimum atomic E-state index is 0.0224. The molecule has 4 heteroatoms. The SMILES string of the molecule is CNC(CC1CCCO1)C1CCOC2(CCOC2)C1. The van der Waals surface area contributed by atoms with Crippen molar-refractivity contribution in [3.05, 3.63) is 0 Å². The van der Waals surface area contributed by atoms with Gasteiger partial charge in [0.2, 0.25) is 0 Å². The second-order valence-electron chi connectivity index (χ2n) is 6.35. The first-order chi connectivity index (χ1) is 9.31. The van der Waals surface area contributed by atoms with Crippen LogP contribution in [0.15, 0.2) is 0 Å². The van der Waals surface area contributed by atoms with Crippen LogP contribution in [-0.4, -0.2) is 51.2 Å². The Hall–Kier alpha value is -0.160. The van der Waals surface area contributed by atoms with Crippen LogP contribution in [0.4, 0.5) is 0 Å². The topological polar surface area (TPSA) is 39.7 Å². The molecule has 4 atom stereocenters. The number of nitrogens with one attached hydrogen (secondary N) is 1. The van der Waals surface area contributed by atoms with Gasteiger partial charge in [-0.2, -0.15) is 0 Å².